The first-order valence-electron chi connectivity index (χ1n) is 5.08. The van der Waals surface area contributed by atoms with Crippen molar-refractivity contribution in [3.63, 3.8) is 0 Å². The summed E-state index contributed by atoms with van der Waals surface area (Å²) < 4.78 is 32.3. The van der Waals surface area contributed by atoms with Gasteiger partial charge >= 0.3 is 5.92 Å². The number of benzene rings is 1. The Morgan fingerprint density at radius 1 is 1.33 bits per heavy atom. The Morgan fingerprint density at radius 3 is 2.60 bits per heavy atom. The Labute approximate surface area is 88.1 Å². The number of rotatable bonds is 1. The number of ether oxygens (including phenoxy) is 1. The first-order valence-corrected chi connectivity index (χ1v) is 5.08. The lowest BCUT2D eigenvalue weighted by molar-refractivity contribution is -0.0221. The number of hydrogen-bond donors (Lipinski definition) is 0. The van der Waals surface area contributed by atoms with Crippen LogP contribution in [0.4, 0.5) is 8.78 Å². The first-order chi connectivity index (χ1) is 6.93. The van der Waals surface area contributed by atoms with Crippen molar-refractivity contribution in [2.45, 2.75) is 32.6 Å². The molecule has 1 nitrogen and oxygen atoms in total. The molecule has 1 aromatic carbocycles. The maximum atomic E-state index is 13.6. The molecule has 1 heterocycles. The Kier molecular flexibility index (Phi) is 2.21. The van der Waals surface area contributed by atoms with Crippen molar-refractivity contribution in [2.75, 3.05) is 6.61 Å². The van der Waals surface area contributed by atoms with Gasteiger partial charge < -0.3 is 4.74 Å². The van der Waals surface area contributed by atoms with Crippen LogP contribution < -0.4 is 4.74 Å². The van der Waals surface area contributed by atoms with Crippen LogP contribution >= 0.6 is 0 Å². The van der Waals surface area contributed by atoms with Gasteiger partial charge in [0.15, 0.2) is 6.61 Å². The highest BCUT2D eigenvalue weighted by molar-refractivity contribution is 5.52. The topological polar surface area (TPSA) is 9.23 Å². The van der Waals surface area contributed by atoms with Gasteiger partial charge in [0.05, 0.1) is 5.56 Å². The van der Waals surface area contributed by atoms with Gasteiger partial charge in [0, 0.05) is 0 Å². The average Bonchev–Trinajstić information content (AvgIpc) is 2.44. The summed E-state index contributed by atoms with van der Waals surface area (Å²) in [7, 11) is 0. The summed E-state index contributed by atoms with van der Waals surface area (Å²) in [5.41, 5.74) is 1.57. The van der Waals surface area contributed by atoms with Gasteiger partial charge in [0.1, 0.15) is 5.75 Å². The van der Waals surface area contributed by atoms with Crippen LogP contribution in [0.2, 0.25) is 0 Å². The summed E-state index contributed by atoms with van der Waals surface area (Å²) in [6.07, 6.45) is 0. The third-order valence-corrected chi connectivity index (χ3v) is 2.77. The standard InChI is InChI=1S/C12H14F2O/c1-7(2)9-5-4-8(3)11-10(9)12(13,14)6-15-11/h4-5,7H,6H2,1-3H3. The molecule has 1 aliphatic heterocycles. The fourth-order valence-electron chi connectivity index (χ4n) is 1.98. The van der Waals surface area contributed by atoms with Crippen LogP contribution in [0.25, 0.3) is 0 Å². The van der Waals surface area contributed by atoms with Crippen LogP contribution in [0.5, 0.6) is 5.75 Å². The molecule has 82 valence electrons. The molecule has 1 aliphatic rings. The highest BCUT2D eigenvalue weighted by Gasteiger charge is 2.44. The average molecular weight is 212 g/mol. The summed E-state index contributed by atoms with van der Waals surface area (Å²) in [4.78, 5) is 0. The molecule has 0 radical (unpaired) electrons. The minimum atomic E-state index is -2.83. The van der Waals surface area contributed by atoms with E-state index in [1.807, 2.05) is 19.9 Å². The molecule has 0 spiro atoms. The van der Waals surface area contributed by atoms with E-state index in [0.717, 1.165) is 5.56 Å². The van der Waals surface area contributed by atoms with E-state index < -0.39 is 12.5 Å². The molecule has 15 heavy (non-hydrogen) atoms. The maximum Gasteiger partial charge on any atom is 0.310 e. The smallest absolute Gasteiger partial charge is 0.310 e. The molecule has 0 unspecified atom stereocenters. The normalized spacial score (nSPS) is 17.7. The van der Waals surface area contributed by atoms with Gasteiger partial charge in [-0.25, -0.2) is 0 Å². The van der Waals surface area contributed by atoms with E-state index in [1.54, 1.807) is 13.0 Å². The Balaban J connectivity index is 2.67. The Bertz CT molecular complexity index is 397. The minimum Gasteiger partial charge on any atom is -0.486 e. The lowest BCUT2D eigenvalue weighted by Crippen LogP contribution is -2.16. The molecule has 0 fully saturated rings. The van der Waals surface area contributed by atoms with Crippen molar-refractivity contribution in [2.24, 2.45) is 0 Å². The van der Waals surface area contributed by atoms with Gasteiger partial charge in [-0.3, -0.25) is 0 Å². The Morgan fingerprint density at radius 2 is 2.00 bits per heavy atom. The zero-order chi connectivity index (χ0) is 11.2. The molecule has 0 atom stereocenters. The number of halogens is 2. The van der Waals surface area contributed by atoms with Gasteiger partial charge in [-0.05, 0) is 24.0 Å². The molecular formula is C12H14F2O. The second kappa shape index (κ2) is 3.19. The second-order valence-corrected chi connectivity index (χ2v) is 4.32. The second-order valence-electron chi connectivity index (χ2n) is 4.32. The molecular weight excluding hydrogens is 198 g/mol. The summed E-state index contributed by atoms with van der Waals surface area (Å²) in [5, 5.41) is 0. The molecule has 0 saturated heterocycles. The van der Waals surface area contributed by atoms with Crippen molar-refractivity contribution in [1.82, 2.24) is 0 Å². The van der Waals surface area contributed by atoms with Crippen LogP contribution in [-0.2, 0) is 5.92 Å². The summed E-state index contributed by atoms with van der Waals surface area (Å²) in [6, 6.07) is 3.62. The van der Waals surface area contributed by atoms with Gasteiger partial charge in [-0.15, -0.1) is 0 Å². The van der Waals surface area contributed by atoms with Crippen molar-refractivity contribution >= 4 is 0 Å². The number of alkyl halides is 2. The molecule has 0 amide bonds. The van der Waals surface area contributed by atoms with Crippen LogP contribution in [0.15, 0.2) is 12.1 Å². The molecule has 0 aromatic heterocycles. The van der Waals surface area contributed by atoms with Crippen molar-refractivity contribution < 1.29 is 13.5 Å². The number of aryl methyl sites for hydroxylation is 1. The van der Waals surface area contributed by atoms with E-state index in [2.05, 4.69) is 0 Å². The van der Waals surface area contributed by atoms with E-state index >= 15 is 0 Å². The minimum absolute atomic E-state index is 0.0897. The van der Waals surface area contributed by atoms with Gasteiger partial charge in [0.2, 0.25) is 0 Å². The van der Waals surface area contributed by atoms with Crippen LogP contribution in [-0.4, -0.2) is 6.61 Å². The molecule has 1 aromatic rings. The number of hydrogen-bond acceptors (Lipinski definition) is 1. The van der Waals surface area contributed by atoms with Crippen molar-refractivity contribution in [3.05, 3.63) is 28.8 Å². The number of fused-ring (bicyclic) bond motifs is 1. The monoisotopic (exact) mass is 212 g/mol. The molecule has 0 aliphatic carbocycles. The molecule has 0 saturated carbocycles. The highest BCUT2D eigenvalue weighted by Crippen LogP contribution is 2.46. The summed E-state index contributed by atoms with van der Waals surface area (Å²) in [5.74, 6) is -2.36. The lowest BCUT2D eigenvalue weighted by Gasteiger charge is -2.15. The third kappa shape index (κ3) is 1.50. The lowest BCUT2D eigenvalue weighted by atomic mass is 9.92. The van der Waals surface area contributed by atoms with E-state index in [9.17, 15) is 8.78 Å². The van der Waals surface area contributed by atoms with E-state index in [0.29, 0.717) is 11.3 Å². The molecule has 0 bridgehead atoms. The predicted molar refractivity (Wildman–Crippen MR) is 54.7 cm³/mol. The zero-order valence-electron chi connectivity index (χ0n) is 9.10. The van der Waals surface area contributed by atoms with Crippen LogP contribution in [0, 0.1) is 6.92 Å². The van der Waals surface area contributed by atoms with Crippen molar-refractivity contribution in [3.8, 4) is 5.75 Å². The highest BCUT2D eigenvalue weighted by atomic mass is 19.3. The predicted octanol–water partition coefficient (Wildman–Crippen LogP) is 3.60. The molecule has 0 N–H and O–H groups in total. The fraction of sp³-hybridized carbons (Fsp3) is 0.500. The SMILES string of the molecule is Cc1ccc(C(C)C)c2c1OCC2(F)F. The van der Waals surface area contributed by atoms with Gasteiger partial charge in [-0.1, -0.05) is 26.0 Å². The molecule has 3 heteroatoms. The first kappa shape index (κ1) is 10.4. The van der Waals surface area contributed by atoms with E-state index in [-0.39, 0.29) is 11.5 Å². The third-order valence-electron chi connectivity index (χ3n) is 2.77. The van der Waals surface area contributed by atoms with Gasteiger partial charge in [-0.2, -0.15) is 8.78 Å². The summed E-state index contributed by atoms with van der Waals surface area (Å²) >= 11 is 0. The fourth-order valence-corrected chi connectivity index (χ4v) is 1.98. The van der Waals surface area contributed by atoms with Gasteiger partial charge in [0.25, 0.3) is 0 Å². The summed E-state index contributed by atoms with van der Waals surface area (Å²) in [6.45, 7) is 5.11. The van der Waals surface area contributed by atoms with Crippen LogP contribution in [0.1, 0.15) is 36.5 Å². The van der Waals surface area contributed by atoms with Crippen molar-refractivity contribution in [1.29, 1.82) is 0 Å². The molecule has 2 rings (SSSR count). The van der Waals surface area contributed by atoms with E-state index in [4.69, 9.17) is 4.74 Å². The Hall–Kier alpha value is -1.12. The van der Waals surface area contributed by atoms with Crippen LogP contribution in [0.3, 0.4) is 0 Å². The maximum absolute atomic E-state index is 13.6. The van der Waals surface area contributed by atoms with E-state index in [1.165, 1.54) is 0 Å². The quantitative estimate of drug-likeness (QED) is 0.691. The largest absolute Gasteiger partial charge is 0.486 e. The zero-order valence-corrected chi connectivity index (χ0v) is 9.10.